The summed E-state index contributed by atoms with van der Waals surface area (Å²) < 4.78 is 5.49. The minimum Gasteiger partial charge on any atom is -0.480 e. The maximum absolute atomic E-state index is 12.7. The fourth-order valence-electron chi connectivity index (χ4n) is 4.87. The number of fused-ring (bicyclic) bond motifs is 3. The summed E-state index contributed by atoms with van der Waals surface area (Å²) in [6.07, 6.45) is -1.01. The van der Waals surface area contributed by atoms with Crippen molar-refractivity contribution in [3.63, 3.8) is 0 Å². The van der Waals surface area contributed by atoms with Gasteiger partial charge in [-0.1, -0.05) is 84.1 Å². The maximum atomic E-state index is 12.7. The average molecular weight is 555 g/mol. The van der Waals surface area contributed by atoms with E-state index in [2.05, 4.69) is 5.32 Å². The molecule has 4 aromatic carbocycles. The van der Waals surface area contributed by atoms with Gasteiger partial charge < -0.3 is 15.2 Å². The average Bonchev–Trinajstić information content (AvgIpc) is 3.27. The smallest absolute Gasteiger partial charge is 0.407 e. The normalized spacial score (nSPS) is 12.7. The summed E-state index contributed by atoms with van der Waals surface area (Å²) in [5.74, 6) is -1.43. The molecule has 0 saturated carbocycles. The molecule has 0 saturated heterocycles. The van der Waals surface area contributed by atoms with Gasteiger partial charge in [-0.3, -0.25) is 10.1 Å². The topological polar surface area (TPSA) is 119 Å². The van der Waals surface area contributed by atoms with Crippen LogP contribution in [0, 0.1) is 17.0 Å². The van der Waals surface area contributed by atoms with E-state index < -0.39 is 23.0 Å². The van der Waals surface area contributed by atoms with E-state index in [0.717, 1.165) is 32.7 Å². The lowest BCUT2D eigenvalue weighted by Crippen LogP contribution is -2.42. The molecular weight excluding hydrogens is 528 g/mol. The van der Waals surface area contributed by atoms with Crippen molar-refractivity contribution in [1.29, 1.82) is 0 Å². The highest BCUT2D eigenvalue weighted by Crippen LogP contribution is 2.44. The molecule has 4 aromatic rings. The highest BCUT2D eigenvalue weighted by atomic mass is 32.2. The van der Waals surface area contributed by atoms with Crippen molar-refractivity contribution in [3.05, 3.63) is 123 Å². The standard InChI is InChI=1S/C31H26N2O6S/c1-19-10-13-21(14-11-19)40-29-15-12-20(17-28(29)33(37)38)16-27(30(34)35)32-31(36)39-18-26-24-8-4-2-6-22(24)23-7-3-5-9-25(23)26/h2-15,17,26-27H,16,18H2,1H3,(H,32,36)(H,34,35). The van der Waals surface area contributed by atoms with Crippen molar-refractivity contribution in [2.45, 2.75) is 35.1 Å². The van der Waals surface area contributed by atoms with Crippen molar-refractivity contribution < 1.29 is 24.4 Å². The molecule has 40 heavy (non-hydrogen) atoms. The zero-order chi connectivity index (χ0) is 28.2. The number of hydrogen-bond acceptors (Lipinski definition) is 6. The first-order chi connectivity index (χ1) is 19.3. The Balaban J connectivity index is 1.26. The summed E-state index contributed by atoms with van der Waals surface area (Å²) in [6, 6.07) is 26.7. The summed E-state index contributed by atoms with van der Waals surface area (Å²) in [6.45, 7) is 2.00. The number of nitrogens with one attached hydrogen (secondary N) is 1. The Morgan fingerprint density at radius 2 is 1.60 bits per heavy atom. The lowest BCUT2D eigenvalue weighted by Gasteiger charge is -2.17. The summed E-state index contributed by atoms with van der Waals surface area (Å²) >= 11 is 1.26. The third-order valence-corrected chi connectivity index (χ3v) is 7.92. The van der Waals surface area contributed by atoms with Crippen LogP contribution in [0.15, 0.2) is 101 Å². The van der Waals surface area contributed by atoms with Crippen molar-refractivity contribution in [2.75, 3.05) is 6.61 Å². The Labute approximate surface area is 235 Å². The predicted molar refractivity (Wildman–Crippen MR) is 152 cm³/mol. The minimum atomic E-state index is -1.33. The van der Waals surface area contributed by atoms with Gasteiger partial charge in [0.05, 0.1) is 9.82 Å². The zero-order valence-electron chi connectivity index (χ0n) is 21.6. The molecule has 0 fully saturated rings. The molecule has 0 heterocycles. The van der Waals surface area contributed by atoms with Crippen LogP contribution in [0.5, 0.6) is 0 Å². The number of nitro benzene ring substituents is 1. The van der Waals surface area contributed by atoms with Crippen molar-refractivity contribution in [2.24, 2.45) is 0 Å². The molecule has 0 radical (unpaired) electrons. The minimum absolute atomic E-state index is 0.0442. The van der Waals surface area contributed by atoms with Crippen molar-refractivity contribution >= 4 is 29.5 Å². The second-order valence-electron chi connectivity index (χ2n) is 9.54. The number of alkyl carbamates (subject to hydrolysis) is 1. The molecule has 0 aliphatic heterocycles. The van der Waals surface area contributed by atoms with Crippen LogP contribution in [0.3, 0.4) is 0 Å². The molecule has 0 aromatic heterocycles. The van der Waals surface area contributed by atoms with Crippen molar-refractivity contribution in [1.82, 2.24) is 5.32 Å². The molecule has 5 rings (SSSR count). The van der Waals surface area contributed by atoms with Gasteiger partial charge in [-0.15, -0.1) is 0 Å². The molecule has 8 nitrogen and oxygen atoms in total. The van der Waals surface area contributed by atoms with Crippen LogP contribution in [-0.4, -0.2) is 34.7 Å². The van der Waals surface area contributed by atoms with Crippen LogP contribution in [0.25, 0.3) is 11.1 Å². The van der Waals surface area contributed by atoms with E-state index in [1.807, 2.05) is 79.7 Å². The van der Waals surface area contributed by atoms with Gasteiger partial charge in [-0.05, 0) is 52.9 Å². The van der Waals surface area contributed by atoms with Crippen LogP contribution >= 0.6 is 11.8 Å². The molecule has 1 aliphatic rings. The molecule has 9 heteroatoms. The Morgan fingerprint density at radius 1 is 0.975 bits per heavy atom. The van der Waals surface area contributed by atoms with E-state index in [4.69, 9.17) is 4.74 Å². The molecule has 1 aliphatic carbocycles. The molecule has 1 unspecified atom stereocenters. The molecule has 2 N–H and O–H groups in total. The van der Waals surface area contributed by atoms with Gasteiger partial charge in [0.15, 0.2) is 0 Å². The summed E-state index contributed by atoms with van der Waals surface area (Å²) in [4.78, 5) is 37.2. The summed E-state index contributed by atoms with van der Waals surface area (Å²) in [5, 5.41) is 24.0. The molecule has 202 valence electrons. The first-order valence-corrected chi connectivity index (χ1v) is 13.5. The molecule has 1 amide bonds. The number of ether oxygens (including phenoxy) is 1. The number of rotatable bonds is 9. The number of aliphatic carboxylic acids is 1. The van der Waals surface area contributed by atoms with Gasteiger partial charge in [0, 0.05) is 23.3 Å². The van der Waals surface area contributed by atoms with Gasteiger partial charge >= 0.3 is 12.1 Å². The van der Waals surface area contributed by atoms with E-state index in [0.29, 0.717) is 10.5 Å². The van der Waals surface area contributed by atoms with Crippen LogP contribution in [0.1, 0.15) is 28.2 Å². The van der Waals surface area contributed by atoms with E-state index in [1.165, 1.54) is 17.8 Å². The second kappa shape index (κ2) is 11.6. The fourth-order valence-corrected chi connectivity index (χ4v) is 5.77. The van der Waals surface area contributed by atoms with E-state index in [-0.39, 0.29) is 24.6 Å². The number of amides is 1. The number of carbonyl (C=O) groups excluding carboxylic acids is 1. The van der Waals surface area contributed by atoms with E-state index >= 15 is 0 Å². The second-order valence-corrected chi connectivity index (χ2v) is 10.7. The van der Waals surface area contributed by atoms with Crippen LogP contribution < -0.4 is 5.32 Å². The van der Waals surface area contributed by atoms with Crippen LogP contribution in [0.2, 0.25) is 0 Å². The lowest BCUT2D eigenvalue weighted by atomic mass is 9.98. The number of aryl methyl sites for hydroxylation is 1. The van der Waals surface area contributed by atoms with Gasteiger partial charge in [0.1, 0.15) is 12.6 Å². The van der Waals surface area contributed by atoms with Crippen molar-refractivity contribution in [3.8, 4) is 11.1 Å². The van der Waals surface area contributed by atoms with Gasteiger partial charge in [0.25, 0.3) is 5.69 Å². The predicted octanol–water partition coefficient (Wildman–Crippen LogP) is 6.59. The Bertz CT molecular complexity index is 1540. The fraction of sp³-hybridized carbons (Fsp3) is 0.161. The van der Waals surface area contributed by atoms with Gasteiger partial charge in [-0.25, -0.2) is 9.59 Å². The van der Waals surface area contributed by atoms with Crippen LogP contribution in [-0.2, 0) is 16.0 Å². The first kappa shape index (κ1) is 27.0. The molecule has 0 bridgehead atoms. The number of carbonyl (C=O) groups is 2. The highest BCUT2D eigenvalue weighted by Gasteiger charge is 2.30. The first-order valence-electron chi connectivity index (χ1n) is 12.7. The molecule has 0 spiro atoms. The Kier molecular flexibility index (Phi) is 7.84. The van der Waals surface area contributed by atoms with Gasteiger partial charge in [-0.2, -0.15) is 0 Å². The number of nitrogens with zero attached hydrogens (tertiary/aromatic N) is 1. The largest absolute Gasteiger partial charge is 0.480 e. The molecule has 1 atom stereocenters. The van der Waals surface area contributed by atoms with Crippen LogP contribution in [0.4, 0.5) is 10.5 Å². The summed E-state index contributed by atoms with van der Waals surface area (Å²) in [7, 11) is 0. The highest BCUT2D eigenvalue weighted by molar-refractivity contribution is 7.99. The molecular formula is C31H26N2O6S. The number of hydrogen-bond donors (Lipinski definition) is 2. The Morgan fingerprint density at radius 3 is 2.20 bits per heavy atom. The maximum Gasteiger partial charge on any atom is 0.407 e. The summed E-state index contributed by atoms with van der Waals surface area (Å²) in [5.41, 5.74) is 5.61. The number of benzene rings is 4. The monoisotopic (exact) mass is 554 g/mol. The third kappa shape index (κ3) is 5.84. The number of nitro groups is 1. The lowest BCUT2D eigenvalue weighted by molar-refractivity contribution is -0.387. The zero-order valence-corrected chi connectivity index (χ0v) is 22.4. The number of carboxylic acid groups (broad SMARTS) is 1. The SMILES string of the molecule is Cc1ccc(Sc2ccc(CC(NC(=O)OCC3c4ccccc4-c4ccccc43)C(=O)O)cc2[N+](=O)[O-])cc1. The van der Waals surface area contributed by atoms with Gasteiger partial charge in [0.2, 0.25) is 0 Å². The Hall–Kier alpha value is -4.63. The quantitative estimate of drug-likeness (QED) is 0.177. The van der Waals surface area contributed by atoms with E-state index in [1.54, 1.807) is 12.1 Å². The third-order valence-electron chi connectivity index (χ3n) is 6.84. The van der Waals surface area contributed by atoms with E-state index in [9.17, 15) is 24.8 Å². The number of carboxylic acids is 1.